The smallest absolute Gasteiger partial charge is 0.240 e. The molecule has 1 amide bonds. The third-order valence-electron chi connectivity index (χ3n) is 3.58. The minimum Gasteiger partial charge on any atom is -0.462 e. The van der Waals surface area contributed by atoms with E-state index in [1.807, 2.05) is 26.0 Å². The highest BCUT2D eigenvalue weighted by molar-refractivity contribution is 7.15. The number of aryl methyl sites for hydroxylation is 2. The Morgan fingerprint density at radius 3 is 2.91 bits per heavy atom. The molecule has 0 atom stereocenters. The third kappa shape index (κ3) is 3.64. The van der Waals surface area contributed by atoms with E-state index < -0.39 is 0 Å². The van der Waals surface area contributed by atoms with Crippen LogP contribution in [0.25, 0.3) is 5.57 Å². The molecule has 3 rings (SSSR count). The van der Waals surface area contributed by atoms with E-state index in [-0.39, 0.29) is 5.91 Å². The number of aromatic nitrogens is 1. The number of hydrogen-bond donors (Lipinski definition) is 1. The van der Waals surface area contributed by atoms with Crippen LogP contribution in [0.15, 0.2) is 28.8 Å². The predicted octanol–water partition coefficient (Wildman–Crippen LogP) is 3.08. The minimum atomic E-state index is -0.0138. The Morgan fingerprint density at radius 1 is 1.45 bits per heavy atom. The first-order chi connectivity index (χ1) is 10.6. The lowest BCUT2D eigenvalue weighted by atomic mass is 10.1. The maximum absolute atomic E-state index is 12.0. The van der Waals surface area contributed by atoms with Gasteiger partial charge in [0.2, 0.25) is 5.91 Å². The molecule has 1 aliphatic heterocycles. The predicted molar refractivity (Wildman–Crippen MR) is 88.0 cm³/mol. The summed E-state index contributed by atoms with van der Waals surface area (Å²) in [6, 6.07) is 3.99. The molecule has 5 nitrogen and oxygen atoms in total. The molecule has 116 valence electrons. The minimum absolute atomic E-state index is 0.0138. The van der Waals surface area contributed by atoms with E-state index in [0.717, 1.165) is 35.9 Å². The number of carbonyl (C=O) groups excluding carboxylic acids is 1. The summed E-state index contributed by atoms with van der Waals surface area (Å²) in [4.78, 5) is 19.4. The fourth-order valence-corrected chi connectivity index (χ4v) is 3.14. The highest BCUT2D eigenvalue weighted by atomic mass is 32.1. The van der Waals surface area contributed by atoms with Gasteiger partial charge in [-0.1, -0.05) is 6.08 Å². The van der Waals surface area contributed by atoms with Crippen LogP contribution >= 0.6 is 11.3 Å². The summed E-state index contributed by atoms with van der Waals surface area (Å²) < 4.78 is 5.65. The third-order valence-corrected chi connectivity index (χ3v) is 4.41. The normalized spacial score (nSPS) is 15.6. The van der Waals surface area contributed by atoms with Gasteiger partial charge in [-0.15, -0.1) is 11.3 Å². The lowest BCUT2D eigenvalue weighted by Crippen LogP contribution is -2.36. The van der Waals surface area contributed by atoms with E-state index in [1.54, 1.807) is 6.20 Å². The number of rotatable bonds is 4. The topological polar surface area (TPSA) is 58.4 Å². The lowest BCUT2D eigenvalue weighted by molar-refractivity contribution is -0.117. The number of furan rings is 1. The first kappa shape index (κ1) is 15.0. The zero-order valence-corrected chi connectivity index (χ0v) is 13.6. The molecule has 0 saturated carbocycles. The number of carbonyl (C=O) groups is 1. The van der Waals surface area contributed by atoms with Crippen LogP contribution in [0.4, 0.5) is 5.13 Å². The van der Waals surface area contributed by atoms with Crippen LogP contribution in [0.2, 0.25) is 0 Å². The van der Waals surface area contributed by atoms with Crippen molar-refractivity contribution in [1.29, 1.82) is 0 Å². The molecule has 0 spiro atoms. The standard InChI is InChI=1S/C16H19N3O2S/c1-11-3-4-14(21-11)13-5-7-19(8-6-13)10-15(20)18-16-17-9-12(2)22-16/h3-5,9H,6-8,10H2,1-2H3,(H,17,18,20). The Balaban J connectivity index is 1.53. The molecule has 22 heavy (non-hydrogen) atoms. The van der Waals surface area contributed by atoms with Gasteiger partial charge >= 0.3 is 0 Å². The number of anilines is 1. The molecule has 1 N–H and O–H groups in total. The van der Waals surface area contributed by atoms with Crippen molar-refractivity contribution in [2.45, 2.75) is 20.3 Å². The number of nitrogens with zero attached hydrogens (tertiary/aromatic N) is 2. The molecule has 6 heteroatoms. The molecule has 3 heterocycles. The van der Waals surface area contributed by atoms with Gasteiger partial charge < -0.3 is 9.73 Å². The van der Waals surface area contributed by atoms with Gasteiger partial charge in [-0.2, -0.15) is 0 Å². The second-order valence-corrected chi connectivity index (χ2v) is 6.68. The van der Waals surface area contributed by atoms with Gasteiger partial charge in [0, 0.05) is 24.2 Å². The molecule has 0 saturated heterocycles. The molecule has 2 aromatic rings. The van der Waals surface area contributed by atoms with Gasteiger partial charge in [0.15, 0.2) is 5.13 Å². The van der Waals surface area contributed by atoms with Crippen LogP contribution in [-0.4, -0.2) is 35.4 Å². The first-order valence-electron chi connectivity index (χ1n) is 7.30. The van der Waals surface area contributed by atoms with Gasteiger partial charge in [0.1, 0.15) is 11.5 Å². The summed E-state index contributed by atoms with van der Waals surface area (Å²) in [5.74, 6) is 1.86. The lowest BCUT2D eigenvalue weighted by Gasteiger charge is -2.24. The highest BCUT2D eigenvalue weighted by Crippen LogP contribution is 2.24. The molecule has 0 radical (unpaired) electrons. The Morgan fingerprint density at radius 2 is 2.32 bits per heavy atom. The maximum Gasteiger partial charge on any atom is 0.240 e. The molecule has 0 unspecified atom stereocenters. The largest absolute Gasteiger partial charge is 0.462 e. The molecule has 0 aliphatic carbocycles. The maximum atomic E-state index is 12.0. The van der Waals surface area contributed by atoms with E-state index in [4.69, 9.17) is 4.42 Å². The van der Waals surface area contributed by atoms with Crippen LogP contribution < -0.4 is 5.32 Å². The van der Waals surface area contributed by atoms with Crippen molar-refractivity contribution in [3.05, 3.63) is 40.8 Å². The van der Waals surface area contributed by atoms with Crippen molar-refractivity contribution in [2.75, 3.05) is 25.0 Å². The van der Waals surface area contributed by atoms with Crippen LogP contribution in [0.3, 0.4) is 0 Å². The number of thiazole rings is 1. The van der Waals surface area contributed by atoms with Crippen molar-refractivity contribution in [2.24, 2.45) is 0 Å². The second-order valence-electron chi connectivity index (χ2n) is 5.45. The summed E-state index contributed by atoms with van der Waals surface area (Å²) in [6.07, 6.45) is 4.81. The van der Waals surface area contributed by atoms with Crippen molar-refractivity contribution in [1.82, 2.24) is 9.88 Å². The van der Waals surface area contributed by atoms with Gasteiger partial charge in [0.05, 0.1) is 6.54 Å². The van der Waals surface area contributed by atoms with E-state index in [2.05, 4.69) is 21.3 Å². The van der Waals surface area contributed by atoms with Gasteiger partial charge in [-0.25, -0.2) is 4.98 Å². The Hall–Kier alpha value is -1.92. The number of hydrogen-bond acceptors (Lipinski definition) is 5. The Bertz CT molecular complexity index is 702. The van der Waals surface area contributed by atoms with E-state index in [9.17, 15) is 4.79 Å². The monoisotopic (exact) mass is 317 g/mol. The quantitative estimate of drug-likeness (QED) is 0.941. The summed E-state index contributed by atoms with van der Waals surface area (Å²) in [7, 11) is 0. The first-order valence-corrected chi connectivity index (χ1v) is 8.12. The van der Waals surface area contributed by atoms with Crippen LogP contribution in [-0.2, 0) is 4.79 Å². The molecule has 0 fully saturated rings. The summed E-state index contributed by atoms with van der Waals surface area (Å²) in [5.41, 5.74) is 1.22. The van der Waals surface area contributed by atoms with Crippen molar-refractivity contribution < 1.29 is 9.21 Å². The summed E-state index contributed by atoms with van der Waals surface area (Å²) >= 11 is 1.49. The van der Waals surface area contributed by atoms with Gasteiger partial charge in [-0.3, -0.25) is 9.69 Å². The van der Waals surface area contributed by atoms with Crippen molar-refractivity contribution >= 4 is 27.9 Å². The SMILES string of the molecule is Cc1ccc(C2=CCN(CC(=O)Nc3ncc(C)s3)CC2)o1. The zero-order valence-electron chi connectivity index (χ0n) is 12.8. The average Bonchev–Trinajstić information content (AvgIpc) is 3.08. The summed E-state index contributed by atoms with van der Waals surface area (Å²) in [6.45, 7) is 5.93. The zero-order chi connectivity index (χ0) is 15.5. The number of amides is 1. The fourth-order valence-electron chi connectivity index (χ4n) is 2.46. The van der Waals surface area contributed by atoms with Gasteiger partial charge in [0.25, 0.3) is 0 Å². The van der Waals surface area contributed by atoms with E-state index >= 15 is 0 Å². The molecular weight excluding hydrogens is 298 g/mol. The molecule has 2 aromatic heterocycles. The molecule has 0 bridgehead atoms. The van der Waals surface area contributed by atoms with Crippen LogP contribution in [0.1, 0.15) is 22.8 Å². The Kier molecular flexibility index (Phi) is 4.40. The van der Waals surface area contributed by atoms with E-state index in [0.29, 0.717) is 11.7 Å². The molecular formula is C16H19N3O2S. The van der Waals surface area contributed by atoms with Crippen LogP contribution in [0, 0.1) is 13.8 Å². The second kappa shape index (κ2) is 6.46. The average molecular weight is 317 g/mol. The van der Waals surface area contributed by atoms with Crippen LogP contribution in [0.5, 0.6) is 0 Å². The van der Waals surface area contributed by atoms with Gasteiger partial charge in [-0.05, 0) is 38.0 Å². The fraction of sp³-hybridized carbons (Fsp3) is 0.375. The molecule has 1 aliphatic rings. The van der Waals surface area contributed by atoms with Crippen molar-refractivity contribution in [3.63, 3.8) is 0 Å². The summed E-state index contributed by atoms with van der Waals surface area (Å²) in [5, 5.41) is 3.51. The number of nitrogens with one attached hydrogen (secondary N) is 1. The van der Waals surface area contributed by atoms with E-state index in [1.165, 1.54) is 16.9 Å². The Labute approximate surface area is 133 Å². The highest BCUT2D eigenvalue weighted by Gasteiger charge is 2.17. The molecule has 0 aromatic carbocycles. The van der Waals surface area contributed by atoms with Crippen molar-refractivity contribution in [3.8, 4) is 0 Å².